The molecule has 0 aromatic heterocycles. The second-order valence-electron chi connectivity index (χ2n) is 5.76. The Hall–Kier alpha value is -2.04. The Labute approximate surface area is 130 Å². The Morgan fingerprint density at radius 2 is 2.00 bits per heavy atom. The van der Waals surface area contributed by atoms with Crippen LogP contribution in [0.3, 0.4) is 0 Å². The van der Waals surface area contributed by atoms with Crippen molar-refractivity contribution in [2.45, 2.75) is 38.6 Å². The van der Waals surface area contributed by atoms with Gasteiger partial charge in [-0.25, -0.2) is 0 Å². The molecule has 0 spiro atoms. The minimum Gasteiger partial charge on any atom is -0.497 e. The summed E-state index contributed by atoms with van der Waals surface area (Å²) in [5.74, 6) is -0.419. The van der Waals surface area contributed by atoms with Crippen molar-refractivity contribution < 1.29 is 19.4 Å². The third-order valence-corrected chi connectivity index (χ3v) is 4.41. The SMILES string of the molecule is COc1ccc(CCC(=O)N2CCC[C@H](C(=O)O)[C@@H]2C)cc1. The van der Waals surface area contributed by atoms with E-state index in [1.807, 2.05) is 31.2 Å². The zero-order chi connectivity index (χ0) is 16.1. The second-order valence-corrected chi connectivity index (χ2v) is 5.76. The van der Waals surface area contributed by atoms with Crippen molar-refractivity contribution in [1.82, 2.24) is 4.90 Å². The molecule has 1 aromatic rings. The third-order valence-electron chi connectivity index (χ3n) is 4.41. The van der Waals surface area contributed by atoms with E-state index in [1.54, 1.807) is 12.0 Å². The highest BCUT2D eigenvalue weighted by atomic mass is 16.5. The van der Waals surface area contributed by atoms with Crippen molar-refractivity contribution in [2.75, 3.05) is 13.7 Å². The maximum absolute atomic E-state index is 12.4. The molecule has 0 bridgehead atoms. The number of benzene rings is 1. The minimum absolute atomic E-state index is 0.0364. The predicted octanol–water partition coefficient (Wildman–Crippen LogP) is 2.34. The van der Waals surface area contributed by atoms with E-state index < -0.39 is 11.9 Å². The van der Waals surface area contributed by atoms with Gasteiger partial charge in [0.05, 0.1) is 13.0 Å². The highest BCUT2D eigenvalue weighted by Crippen LogP contribution is 2.24. The molecule has 0 saturated carbocycles. The topological polar surface area (TPSA) is 66.8 Å². The molecular weight excluding hydrogens is 282 g/mol. The van der Waals surface area contributed by atoms with Gasteiger partial charge >= 0.3 is 5.97 Å². The van der Waals surface area contributed by atoms with Gasteiger partial charge in [-0.05, 0) is 43.9 Å². The third kappa shape index (κ3) is 3.78. The number of carbonyl (C=O) groups excluding carboxylic acids is 1. The first-order chi connectivity index (χ1) is 10.5. The Morgan fingerprint density at radius 1 is 1.32 bits per heavy atom. The van der Waals surface area contributed by atoms with E-state index >= 15 is 0 Å². The number of hydrogen-bond donors (Lipinski definition) is 1. The highest BCUT2D eigenvalue weighted by Gasteiger charge is 2.34. The van der Waals surface area contributed by atoms with E-state index in [-0.39, 0.29) is 11.9 Å². The largest absolute Gasteiger partial charge is 0.497 e. The lowest BCUT2D eigenvalue weighted by molar-refractivity contribution is -0.149. The number of ether oxygens (including phenoxy) is 1. The average Bonchev–Trinajstić information content (AvgIpc) is 2.53. The summed E-state index contributed by atoms with van der Waals surface area (Å²) in [5, 5.41) is 9.22. The van der Waals surface area contributed by atoms with Crippen molar-refractivity contribution in [3.05, 3.63) is 29.8 Å². The number of hydrogen-bond acceptors (Lipinski definition) is 3. The van der Waals surface area contributed by atoms with Crippen LogP contribution in [0, 0.1) is 5.92 Å². The molecule has 1 aliphatic rings. The number of carboxylic acid groups (broad SMARTS) is 1. The number of aliphatic carboxylic acids is 1. The van der Waals surface area contributed by atoms with Gasteiger partial charge < -0.3 is 14.7 Å². The number of nitrogens with zero attached hydrogens (tertiary/aromatic N) is 1. The van der Waals surface area contributed by atoms with Crippen molar-refractivity contribution in [3.63, 3.8) is 0 Å². The van der Waals surface area contributed by atoms with Gasteiger partial charge in [-0.2, -0.15) is 0 Å². The van der Waals surface area contributed by atoms with Crippen LogP contribution in [-0.2, 0) is 16.0 Å². The maximum Gasteiger partial charge on any atom is 0.308 e. The number of rotatable bonds is 5. The van der Waals surface area contributed by atoms with Crippen LogP contribution < -0.4 is 4.74 Å². The van der Waals surface area contributed by atoms with Gasteiger partial charge in [0.15, 0.2) is 0 Å². The number of amides is 1. The van der Waals surface area contributed by atoms with Gasteiger partial charge in [0, 0.05) is 19.0 Å². The summed E-state index contributed by atoms with van der Waals surface area (Å²) in [7, 11) is 1.62. The standard InChI is InChI=1S/C17H23NO4/c1-12-15(17(20)21)4-3-11-18(12)16(19)10-7-13-5-8-14(22-2)9-6-13/h5-6,8-9,12,15H,3-4,7,10-11H2,1-2H3,(H,20,21)/t12-,15-/m0/s1. The molecule has 120 valence electrons. The normalized spacial score (nSPS) is 21.5. The Morgan fingerprint density at radius 3 is 2.59 bits per heavy atom. The van der Waals surface area contributed by atoms with E-state index in [4.69, 9.17) is 4.74 Å². The van der Waals surface area contributed by atoms with Crippen LogP contribution in [0.15, 0.2) is 24.3 Å². The van der Waals surface area contributed by atoms with E-state index in [9.17, 15) is 14.7 Å². The zero-order valence-electron chi connectivity index (χ0n) is 13.1. The molecule has 0 radical (unpaired) electrons. The van der Waals surface area contributed by atoms with Gasteiger partial charge in [-0.15, -0.1) is 0 Å². The van der Waals surface area contributed by atoms with Crippen LogP contribution in [0.1, 0.15) is 31.7 Å². The molecular formula is C17H23NO4. The molecule has 1 aromatic carbocycles. The first kappa shape index (κ1) is 16.3. The van der Waals surface area contributed by atoms with Crippen LogP contribution in [0.2, 0.25) is 0 Å². The fraction of sp³-hybridized carbons (Fsp3) is 0.529. The molecule has 2 atom stereocenters. The molecule has 1 fully saturated rings. The summed E-state index contributed by atoms with van der Waals surface area (Å²) in [6.07, 6.45) is 2.47. The quantitative estimate of drug-likeness (QED) is 0.906. The molecule has 5 heteroatoms. The molecule has 1 aliphatic heterocycles. The molecule has 1 heterocycles. The van der Waals surface area contributed by atoms with Crippen molar-refractivity contribution in [2.24, 2.45) is 5.92 Å². The van der Waals surface area contributed by atoms with Gasteiger partial charge in [-0.3, -0.25) is 9.59 Å². The molecule has 1 N–H and O–H groups in total. The van der Waals surface area contributed by atoms with E-state index in [0.717, 1.165) is 17.7 Å². The second kappa shape index (κ2) is 7.29. The Balaban J connectivity index is 1.92. The molecule has 2 rings (SSSR count). The van der Waals surface area contributed by atoms with Crippen LogP contribution in [0.5, 0.6) is 5.75 Å². The fourth-order valence-electron chi connectivity index (χ4n) is 3.01. The van der Waals surface area contributed by atoms with Crippen LogP contribution in [0.25, 0.3) is 0 Å². The molecule has 5 nitrogen and oxygen atoms in total. The van der Waals surface area contributed by atoms with Crippen LogP contribution in [0.4, 0.5) is 0 Å². The smallest absolute Gasteiger partial charge is 0.308 e. The van der Waals surface area contributed by atoms with E-state index in [2.05, 4.69) is 0 Å². The van der Waals surface area contributed by atoms with Crippen molar-refractivity contribution >= 4 is 11.9 Å². The minimum atomic E-state index is -0.805. The maximum atomic E-state index is 12.4. The lowest BCUT2D eigenvalue weighted by atomic mass is 9.90. The first-order valence-electron chi connectivity index (χ1n) is 7.68. The van der Waals surface area contributed by atoms with Crippen LogP contribution in [-0.4, -0.2) is 41.6 Å². The highest BCUT2D eigenvalue weighted by molar-refractivity contribution is 5.79. The monoisotopic (exact) mass is 305 g/mol. The van der Waals surface area contributed by atoms with Gasteiger partial charge in [0.2, 0.25) is 5.91 Å². The Kier molecular flexibility index (Phi) is 5.41. The average molecular weight is 305 g/mol. The lowest BCUT2D eigenvalue weighted by Crippen LogP contribution is -2.49. The molecule has 1 saturated heterocycles. The summed E-state index contributed by atoms with van der Waals surface area (Å²) in [6.45, 7) is 2.50. The first-order valence-corrected chi connectivity index (χ1v) is 7.68. The number of carbonyl (C=O) groups is 2. The number of methoxy groups -OCH3 is 1. The number of carboxylic acids is 1. The lowest BCUT2D eigenvalue weighted by Gasteiger charge is -2.37. The molecule has 1 amide bonds. The van der Waals surface area contributed by atoms with E-state index in [0.29, 0.717) is 25.8 Å². The number of likely N-dealkylation sites (tertiary alicyclic amines) is 1. The summed E-state index contributed by atoms with van der Waals surface area (Å²) < 4.78 is 5.11. The number of piperidine rings is 1. The summed E-state index contributed by atoms with van der Waals surface area (Å²) in [4.78, 5) is 25.3. The number of aryl methyl sites for hydroxylation is 1. The summed E-state index contributed by atoms with van der Waals surface area (Å²) >= 11 is 0. The van der Waals surface area contributed by atoms with Gasteiger partial charge in [-0.1, -0.05) is 12.1 Å². The van der Waals surface area contributed by atoms with Crippen molar-refractivity contribution in [1.29, 1.82) is 0 Å². The fourth-order valence-corrected chi connectivity index (χ4v) is 3.01. The van der Waals surface area contributed by atoms with Gasteiger partial charge in [0.1, 0.15) is 5.75 Å². The molecule has 0 unspecified atom stereocenters. The summed E-state index contributed by atoms with van der Waals surface area (Å²) in [6, 6.07) is 7.43. The van der Waals surface area contributed by atoms with E-state index in [1.165, 1.54) is 0 Å². The van der Waals surface area contributed by atoms with Crippen LogP contribution >= 0.6 is 0 Å². The molecule has 22 heavy (non-hydrogen) atoms. The summed E-state index contributed by atoms with van der Waals surface area (Å²) in [5.41, 5.74) is 1.08. The van der Waals surface area contributed by atoms with Crippen molar-refractivity contribution in [3.8, 4) is 5.75 Å². The van der Waals surface area contributed by atoms with Gasteiger partial charge in [0.25, 0.3) is 0 Å². The zero-order valence-corrected chi connectivity index (χ0v) is 13.1. The predicted molar refractivity (Wildman–Crippen MR) is 82.8 cm³/mol. The Bertz CT molecular complexity index is 526. The molecule has 0 aliphatic carbocycles.